The van der Waals surface area contributed by atoms with E-state index in [0.717, 1.165) is 0 Å². The molecule has 32 heavy (non-hydrogen) atoms. The molecule has 0 saturated heterocycles. The summed E-state index contributed by atoms with van der Waals surface area (Å²) in [6, 6.07) is 15.9. The normalized spacial score (nSPS) is 11.1. The summed E-state index contributed by atoms with van der Waals surface area (Å²) in [5.41, 5.74) is 0.988. The number of aromatic nitrogens is 1. The topological polar surface area (TPSA) is 120 Å². The molecule has 0 aliphatic heterocycles. The third-order valence-electron chi connectivity index (χ3n) is 4.69. The Morgan fingerprint density at radius 2 is 1.75 bits per heavy atom. The van der Waals surface area contributed by atoms with Gasteiger partial charge in [-0.3, -0.25) is 9.59 Å². The molecule has 0 saturated carbocycles. The smallest absolute Gasteiger partial charge is 0.376 e. The van der Waals surface area contributed by atoms with E-state index in [0.29, 0.717) is 28.3 Å². The van der Waals surface area contributed by atoms with Crippen molar-refractivity contribution in [3.8, 4) is 6.07 Å². The number of rotatable bonds is 7. The highest BCUT2D eigenvalue weighted by molar-refractivity contribution is 6.38. The van der Waals surface area contributed by atoms with Gasteiger partial charge in [-0.05, 0) is 41.0 Å². The summed E-state index contributed by atoms with van der Waals surface area (Å²) in [5.74, 6) is -4.41. The van der Waals surface area contributed by atoms with Gasteiger partial charge in [0.1, 0.15) is 11.6 Å². The molecule has 0 bridgehead atoms. The number of carbonyl (C=O) groups is 2. The van der Waals surface area contributed by atoms with Crippen LogP contribution in [0.25, 0.3) is 5.76 Å². The van der Waals surface area contributed by atoms with E-state index < -0.39 is 28.9 Å². The number of pyridine rings is 1. The maximum atomic E-state index is 14.1. The maximum absolute atomic E-state index is 14.1. The summed E-state index contributed by atoms with van der Waals surface area (Å²) in [6.07, 6.45) is 2.05. The Labute approximate surface area is 181 Å². The van der Waals surface area contributed by atoms with Crippen LogP contribution in [0, 0.1) is 17.1 Å². The summed E-state index contributed by atoms with van der Waals surface area (Å²) in [4.78, 5) is 35.2. The highest BCUT2D eigenvalue weighted by Gasteiger charge is 2.16. The molecule has 0 atom stereocenters. The second-order valence-corrected chi connectivity index (χ2v) is 6.97. The van der Waals surface area contributed by atoms with Gasteiger partial charge in [0.15, 0.2) is 0 Å². The van der Waals surface area contributed by atoms with Gasteiger partial charge in [-0.2, -0.15) is 5.26 Å². The van der Waals surface area contributed by atoms with Crippen molar-refractivity contribution in [2.45, 2.75) is 13.0 Å². The van der Waals surface area contributed by atoms with E-state index in [1.807, 2.05) is 6.07 Å². The third kappa shape index (κ3) is 5.15. The Morgan fingerprint density at radius 1 is 1.06 bits per heavy atom. The van der Waals surface area contributed by atoms with Crippen LogP contribution < -0.4 is 5.56 Å². The number of aliphatic hydroxyl groups excluding tert-OH is 1. The van der Waals surface area contributed by atoms with Gasteiger partial charge in [-0.25, -0.2) is 9.18 Å². The molecule has 2 aromatic carbocycles. The van der Waals surface area contributed by atoms with Crippen molar-refractivity contribution < 1.29 is 24.2 Å². The zero-order chi connectivity index (χ0) is 23.3. The Kier molecular flexibility index (Phi) is 6.61. The molecule has 8 heteroatoms. The highest BCUT2D eigenvalue weighted by atomic mass is 19.1. The van der Waals surface area contributed by atoms with Crippen molar-refractivity contribution >= 4 is 17.5 Å². The molecule has 3 rings (SSSR count). The number of carboxylic acids is 1. The van der Waals surface area contributed by atoms with Crippen LogP contribution >= 0.6 is 0 Å². The summed E-state index contributed by atoms with van der Waals surface area (Å²) in [6.45, 7) is 0.0722. The minimum Gasteiger partial charge on any atom is -0.507 e. The minimum atomic E-state index is -1.78. The van der Waals surface area contributed by atoms with Crippen LogP contribution in [0.2, 0.25) is 0 Å². The van der Waals surface area contributed by atoms with Crippen molar-refractivity contribution in [1.82, 2.24) is 4.57 Å². The van der Waals surface area contributed by atoms with Crippen LogP contribution in [-0.2, 0) is 22.6 Å². The number of aliphatic carboxylic acids is 1. The fourth-order valence-corrected chi connectivity index (χ4v) is 3.10. The van der Waals surface area contributed by atoms with Gasteiger partial charge >= 0.3 is 5.97 Å². The molecule has 0 fully saturated rings. The number of halogens is 1. The average Bonchev–Trinajstić information content (AvgIpc) is 2.77. The lowest BCUT2D eigenvalue weighted by atomic mass is 10.0. The molecule has 0 amide bonds. The number of carboxylic acid groups (broad SMARTS) is 1. The van der Waals surface area contributed by atoms with E-state index in [-0.39, 0.29) is 18.5 Å². The van der Waals surface area contributed by atoms with Crippen LogP contribution in [0.4, 0.5) is 4.39 Å². The zero-order valence-corrected chi connectivity index (χ0v) is 16.7. The molecule has 7 nitrogen and oxygen atoms in total. The molecule has 2 N–H and O–H groups in total. The highest BCUT2D eigenvalue weighted by Crippen LogP contribution is 2.17. The lowest BCUT2D eigenvalue weighted by Gasteiger charge is -2.13. The van der Waals surface area contributed by atoms with E-state index in [4.69, 9.17) is 10.4 Å². The standard InChI is InChI=1S/C24H17FN2O5/c25-20-4-2-1-3-18(20)9-17-10-19(21(28)11-22(29)24(31)32)23(30)27(14-17)13-16-7-5-15(12-26)6-8-16/h1-8,10-11,14,28H,9,13H2,(H,31,32)/b21-11-. The number of benzene rings is 2. The van der Waals surface area contributed by atoms with Gasteiger partial charge < -0.3 is 14.8 Å². The number of carbonyl (C=O) groups excluding carboxylic acids is 1. The quantitative estimate of drug-likeness (QED) is 0.336. The molecule has 0 radical (unpaired) electrons. The predicted octanol–water partition coefficient (Wildman–Crippen LogP) is 3.05. The summed E-state index contributed by atoms with van der Waals surface area (Å²) in [7, 11) is 0. The van der Waals surface area contributed by atoms with Gasteiger partial charge in [0.25, 0.3) is 11.3 Å². The molecule has 1 aromatic heterocycles. The van der Waals surface area contributed by atoms with Crippen molar-refractivity contribution in [2.24, 2.45) is 0 Å². The average molecular weight is 432 g/mol. The second-order valence-electron chi connectivity index (χ2n) is 6.97. The van der Waals surface area contributed by atoms with E-state index in [9.17, 15) is 23.9 Å². The van der Waals surface area contributed by atoms with E-state index in [2.05, 4.69) is 0 Å². The van der Waals surface area contributed by atoms with Gasteiger partial charge in [-0.15, -0.1) is 0 Å². The minimum absolute atomic E-state index is 0.0722. The number of ketones is 1. The van der Waals surface area contributed by atoms with Crippen molar-refractivity contribution in [3.05, 3.63) is 111 Å². The zero-order valence-electron chi connectivity index (χ0n) is 16.7. The molecule has 0 spiro atoms. The van der Waals surface area contributed by atoms with Crippen molar-refractivity contribution in [3.63, 3.8) is 0 Å². The number of hydrogen-bond acceptors (Lipinski definition) is 5. The second kappa shape index (κ2) is 9.53. The van der Waals surface area contributed by atoms with Crippen LogP contribution in [-0.4, -0.2) is 26.5 Å². The first-order valence-corrected chi connectivity index (χ1v) is 9.42. The first-order chi connectivity index (χ1) is 15.3. The number of hydrogen-bond donors (Lipinski definition) is 2. The Morgan fingerprint density at radius 3 is 2.38 bits per heavy atom. The fourth-order valence-electron chi connectivity index (χ4n) is 3.10. The van der Waals surface area contributed by atoms with Gasteiger partial charge in [-0.1, -0.05) is 30.3 Å². The number of nitrogens with zero attached hydrogens (tertiary/aromatic N) is 2. The van der Waals surface area contributed by atoms with Crippen LogP contribution in [0.5, 0.6) is 0 Å². The predicted molar refractivity (Wildman–Crippen MR) is 113 cm³/mol. The van der Waals surface area contributed by atoms with Gasteiger partial charge in [0, 0.05) is 18.7 Å². The van der Waals surface area contributed by atoms with Crippen molar-refractivity contribution in [2.75, 3.05) is 0 Å². The Bertz CT molecular complexity index is 1320. The molecule has 0 aliphatic carbocycles. The molecule has 0 aliphatic rings. The van der Waals surface area contributed by atoms with Crippen LogP contribution in [0.1, 0.15) is 27.8 Å². The number of nitriles is 1. The fraction of sp³-hybridized carbons (Fsp3) is 0.0833. The molecule has 160 valence electrons. The summed E-state index contributed by atoms with van der Waals surface area (Å²) in [5, 5.41) is 28.0. The molecule has 0 unspecified atom stereocenters. The lowest BCUT2D eigenvalue weighted by Crippen LogP contribution is -2.25. The first kappa shape index (κ1) is 22.2. The van der Waals surface area contributed by atoms with E-state index in [1.165, 1.54) is 22.9 Å². The SMILES string of the molecule is N#Cc1ccc(Cn2cc(Cc3ccccc3F)cc(/C(O)=C/C(=O)C(=O)O)c2=O)cc1. The Hall–Kier alpha value is -4.51. The molecular weight excluding hydrogens is 415 g/mol. The lowest BCUT2D eigenvalue weighted by molar-refractivity contribution is -0.146. The van der Waals surface area contributed by atoms with Crippen LogP contribution in [0.15, 0.2) is 71.7 Å². The monoisotopic (exact) mass is 432 g/mol. The van der Waals surface area contributed by atoms with Gasteiger partial charge in [0.2, 0.25) is 0 Å². The number of aliphatic hydroxyl groups is 1. The summed E-state index contributed by atoms with van der Waals surface area (Å²) < 4.78 is 15.4. The third-order valence-corrected chi connectivity index (χ3v) is 4.69. The van der Waals surface area contributed by atoms with Crippen LogP contribution in [0.3, 0.4) is 0 Å². The van der Waals surface area contributed by atoms with E-state index >= 15 is 0 Å². The molecular formula is C24H17FN2O5. The van der Waals surface area contributed by atoms with Crippen molar-refractivity contribution in [1.29, 1.82) is 5.26 Å². The Balaban J connectivity index is 2.08. The summed E-state index contributed by atoms with van der Waals surface area (Å²) >= 11 is 0. The largest absolute Gasteiger partial charge is 0.507 e. The molecule has 1 heterocycles. The maximum Gasteiger partial charge on any atom is 0.376 e. The van der Waals surface area contributed by atoms with E-state index in [1.54, 1.807) is 42.5 Å². The molecule has 3 aromatic rings. The first-order valence-electron chi connectivity index (χ1n) is 9.42. The van der Waals surface area contributed by atoms with Gasteiger partial charge in [0.05, 0.1) is 23.7 Å².